The highest BCUT2D eigenvalue weighted by Crippen LogP contribution is 2.40. The van der Waals surface area contributed by atoms with Crippen LogP contribution in [-0.2, 0) is 6.42 Å². The molecular weight excluding hydrogens is 406 g/mol. The van der Waals surface area contributed by atoms with Crippen LogP contribution in [0.5, 0.6) is 5.75 Å². The van der Waals surface area contributed by atoms with Gasteiger partial charge < -0.3 is 15.2 Å². The molecule has 0 saturated heterocycles. The van der Waals surface area contributed by atoms with E-state index in [9.17, 15) is 14.7 Å². The van der Waals surface area contributed by atoms with Crippen molar-refractivity contribution < 1.29 is 19.4 Å². The fraction of sp³-hybridized carbons (Fsp3) is 0.480. The lowest BCUT2D eigenvalue weighted by atomic mass is 9.83. The molecule has 1 aliphatic carbocycles. The van der Waals surface area contributed by atoms with Gasteiger partial charge in [-0.25, -0.2) is 4.79 Å². The number of fused-ring (bicyclic) bond motifs is 1. The van der Waals surface area contributed by atoms with E-state index in [0.29, 0.717) is 12.1 Å². The third kappa shape index (κ3) is 4.42. The predicted octanol–water partition coefficient (Wildman–Crippen LogP) is 4.56. The van der Waals surface area contributed by atoms with Crippen LogP contribution < -0.4 is 10.1 Å². The largest absolute Gasteiger partial charge is 0.497 e. The maximum absolute atomic E-state index is 12.5. The van der Waals surface area contributed by atoms with Crippen molar-refractivity contribution in [2.24, 2.45) is 0 Å². The minimum absolute atomic E-state index is 0.126. The number of amides is 2. The molecule has 170 valence electrons. The zero-order valence-electron chi connectivity index (χ0n) is 18.7. The van der Waals surface area contributed by atoms with Crippen molar-refractivity contribution in [1.82, 2.24) is 15.2 Å². The number of benzene rings is 1. The summed E-state index contributed by atoms with van der Waals surface area (Å²) in [6.07, 6.45) is 7.29. The van der Waals surface area contributed by atoms with Gasteiger partial charge in [-0.05, 0) is 67.0 Å². The Labute approximate surface area is 188 Å². The number of hydrogen-bond donors (Lipinski definition) is 2. The summed E-state index contributed by atoms with van der Waals surface area (Å²) in [4.78, 5) is 30.8. The van der Waals surface area contributed by atoms with Crippen LogP contribution in [0.25, 0.3) is 0 Å². The Balaban J connectivity index is 1.68. The molecular formula is C25H31N3O4. The molecule has 2 aliphatic rings. The molecule has 1 aliphatic heterocycles. The van der Waals surface area contributed by atoms with Crippen LogP contribution in [0.2, 0.25) is 0 Å². The first kappa shape index (κ1) is 22.1. The van der Waals surface area contributed by atoms with Gasteiger partial charge >= 0.3 is 6.09 Å². The monoisotopic (exact) mass is 437 g/mol. The Morgan fingerprint density at radius 2 is 2.06 bits per heavy atom. The molecule has 2 N–H and O–H groups in total. The van der Waals surface area contributed by atoms with Gasteiger partial charge in [-0.15, -0.1) is 0 Å². The van der Waals surface area contributed by atoms with Crippen LogP contribution in [0, 0.1) is 0 Å². The molecule has 7 nitrogen and oxygen atoms in total. The fourth-order valence-corrected chi connectivity index (χ4v) is 4.67. The lowest BCUT2D eigenvalue weighted by Gasteiger charge is -2.42. The molecule has 0 bridgehead atoms. The number of nitrogens with zero attached hydrogens (tertiary/aromatic N) is 2. The average molecular weight is 438 g/mol. The van der Waals surface area contributed by atoms with E-state index in [4.69, 9.17) is 4.74 Å². The van der Waals surface area contributed by atoms with Gasteiger partial charge in [-0.1, -0.05) is 31.9 Å². The van der Waals surface area contributed by atoms with Crippen molar-refractivity contribution in [2.75, 3.05) is 7.11 Å². The Kier molecular flexibility index (Phi) is 6.63. The van der Waals surface area contributed by atoms with E-state index in [-0.39, 0.29) is 18.0 Å². The topological polar surface area (TPSA) is 91.8 Å². The zero-order chi connectivity index (χ0) is 22.7. The summed E-state index contributed by atoms with van der Waals surface area (Å²) in [6, 6.07) is 8.99. The number of carbonyl (C=O) groups is 2. The molecule has 1 aromatic carbocycles. The molecule has 0 spiro atoms. The van der Waals surface area contributed by atoms with E-state index in [1.165, 1.54) is 0 Å². The second-order valence-electron chi connectivity index (χ2n) is 8.74. The molecule has 7 heteroatoms. The molecule has 1 aromatic heterocycles. The molecule has 32 heavy (non-hydrogen) atoms. The number of carbonyl (C=O) groups excluding carboxylic acids is 1. The van der Waals surface area contributed by atoms with E-state index in [0.717, 1.165) is 61.0 Å². The van der Waals surface area contributed by atoms with Crippen molar-refractivity contribution in [1.29, 1.82) is 0 Å². The summed E-state index contributed by atoms with van der Waals surface area (Å²) in [5.74, 6) is 0.590. The maximum Gasteiger partial charge on any atom is 0.408 e. The van der Waals surface area contributed by atoms with Crippen molar-refractivity contribution in [3.8, 4) is 5.75 Å². The number of rotatable bonds is 7. The molecule has 0 unspecified atom stereocenters. The Hall–Kier alpha value is -3.09. The number of ether oxygens (including phenoxy) is 1. The first-order valence-electron chi connectivity index (χ1n) is 11.5. The number of aromatic nitrogens is 1. The maximum atomic E-state index is 12.5. The van der Waals surface area contributed by atoms with Gasteiger partial charge in [0.05, 0.1) is 13.2 Å². The standard InChI is InChI=1S/C25H31N3O4/c1-3-4-8-19-13-17-14-20(32-2)10-11-21(17)23(28(19)25(30)31)16-9-12-22(26-15-16)24(29)27-18-6-5-7-18/h9-12,14-15,18-19,23H,3-8,13H2,1-2H3,(H,27,29)(H,30,31)/t19-,23-/m0/s1. The molecule has 4 rings (SSSR count). The van der Waals surface area contributed by atoms with E-state index in [1.807, 2.05) is 24.3 Å². The van der Waals surface area contributed by atoms with Gasteiger partial charge in [0.1, 0.15) is 11.4 Å². The molecule has 2 aromatic rings. The molecule has 1 saturated carbocycles. The van der Waals surface area contributed by atoms with Gasteiger partial charge in [0, 0.05) is 18.3 Å². The number of nitrogens with one attached hydrogen (secondary N) is 1. The lowest BCUT2D eigenvalue weighted by Crippen LogP contribution is -2.47. The third-order valence-corrected chi connectivity index (χ3v) is 6.66. The van der Waals surface area contributed by atoms with Gasteiger partial charge in [0.15, 0.2) is 0 Å². The fourth-order valence-electron chi connectivity index (χ4n) is 4.67. The zero-order valence-corrected chi connectivity index (χ0v) is 18.7. The average Bonchev–Trinajstić information content (AvgIpc) is 2.78. The van der Waals surface area contributed by atoms with Crippen molar-refractivity contribution >= 4 is 12.0 Å². The quantitative estimate of drug-likeness (QED) is 0.663. The van der Waals surface area contributed by atoms with E-state index < -0.39 is 12.1 Å². The smallest absolute Gasteiger partial charge is 0.408 e. The molecule has 2 atom stereocenters. The molecule has 0 radical (unpaired) electrons. The number of hydrogen-bond acceptors (Lipinski definition) is 4. The normalized spacial score (nSPS) is 20.2. The van der Waals surface area contributed by atoms with Crippen LogP contribution in [0.15, 0.2) is 36.5 Å². The molecule has 1 fully saturated rings. The Morgan fingerprint density at radius 3 is 2.66 bits per heavy atom. The SMILES string of the molecule is CCCC[C@H]1Cc2cc(OC)ccc2[C@H](c2ccc(C(=O)NC3CCC3)nc2)N1C(=O)O. The van der Waals surface area contributed by atoms with Gasteiger partial charge in [-0.3, -0.25) is 14.7 Å². The number of unbranched alkanes of at least 4 members (excludes halogenated alkanes) is 1. The van der Waals surface area contributed by atoms with Crippen molar-refractivity contribution in [2.45, 2.75) is 70.0 Å². The second kappa shape index (κ2) is 9.59. The van der Waals surface area contributed by atoms with Crippen LogP contribution in [0.1, 0.15) is 78.7 Å². The summed E-state index contributed by atoms with van der Waals surface area (Å²) in [6.45, 7) is 2.11. The summed E-state index contributed by atoms with van der Waals surface area (Å²) in [5.41, 5.74) is 3.16. The van der Waals surface area contributed by atoms with Crippen LogP contribution >= 0.6 is 0 Å². The Bertz CT molecular complexity index is 972. The van der Waals surface area contributed by atoms with Crippen LogP contribution in [-0.4, -0.2) is 46.2 Å². The first-order chi connectivity index (χ1) is 15.5. The highest BCUT2D eigenvalue weighted by molar-refractivity contribution is 5.92. The van der Waals surface area contributed by atoms with E-state index in [1.54, 1.807) is 24.3 Å². The highest BCUT2D eigenvalue weighted by Gasteiger charge is 2.38. The van der Waals surface area contributed by atoms with Crippen molar-refractivity contribution in [3.05, 3.63) is 58.9 Å². The summed E-state index contributed by atoms with van der Waals surface area (Å²) in [7, 11) is 1.64. The summed E-state index contributed by atoms with van der Waals surface area (Å²) >= 11 is 0. The minimum Gasteiger partial charge on any atom is -0.497 e. The summed E-state index contributed by atoms with van der Waals surface area (Å²) in [5, 5.41) is 13.2. The first-order valence-corrected chi connectivity index (χ1v) is 11.5. The minimum atomic E-state index is -0.940. The third-order valence-electron chi connectivity index (χ3n) is 6.66. The van der Waals surface area contributed by atoms with E-state index >= 15 is 0 Å². The highest BCUT2D eigenvalue weighted by atomic mass is 16.5. The Morgan fingerprint density at radius 1 is 1.25 bits per heavy atom. The number of methoxy groups -OCH3 is 1. The van der Waals surface area contributed by atoms with Crippen LogP contribution in [0.4, 0.5) is 4.79 Å². The van der Waals surface area contributed by atoms with E-state index in [2.05, 4.69) is 17.2 Å². The lowest BCUT2D eigenvalue weighted by molar-refractivity contribution is 0.0907. The predicted molar refractivity (Wildman–Crippen MR) is 121 cm³/mol. The van der Waals surface area contributed by atoms with Gasteiger partial charge in [0.2, 0.25) is 0 Å². The molecule has 2 amide bonds. The van der Waals surface area contributed by atoms with Crippen molar-refractivity contribution in [3.63, 3.8) is 0 Å². The van der Waals surface area contributed by atoms with Crippen LogP contribution in [0.3, 0.4) is 0 Å². The molecule has 2 heterocycles. The number of carboxylic acid groups (broad SMARTS) is 1. The van der Waals surface area contributed by atoms with Gasteiger partial charge in [0.25, 0.3) is 5.91 Å². The van der Waals surface area contributed by atoms with Gasteiger partial charge in [-0.2, -0.15) is 0 Å². The number of pyridine rings is 1. The summed E-state index contributed by atoms with van der Waals surface area (Å²) < 4.78 is 5.41. The second-order valence-corrected chi connectivity index (χ2v) is 8.74.